The highest BCUT2D eigenvalue weighted by molar-refractivity contribution is 5.79. The maximum atomic E-state index is 11.6. The van der Waals surface area contributed by atoms with Gasteiger partial charge in [0, 0.05) is 18.9 Å². The highest BCUT2D eigenvalue weighted by Crippen LogP contribution is 2.54. The van der Waals surface area contributed by atoms with Crippen LogP contribution in [0, 0.1) is 17.8 Å². The summed E-state index contributed by atoms with van der Waals surface area (Å²) in [6.45, 7) is 0.577. The molecule has 0 bridgehead atoms. The van der Waals surface area contributed by atoms with Crippen molar-refractivity contribution in [3.8, 4) is 0 Å². The zero-order chi connectivity index (χ0) is 10.8. The molecule has 84 valence electrons. The number of nitrogens with two attached hydrogens (primary N) is 1. The molecule has 2 saturated carbocycles. The van der Waals surface area contributed by atoms with E-state index in [1.165, 1.54) is 6.42 Å². The monoisotopic (exact) mass is 210 g/mol. The lowest BCUT2D eigenvalue weighted by molar-refractivity contribution is -0.125. The second-order valence-corrected chi connectivity index (χ2v) is 4.79. The third kappa shape index (κ3) is 2.70. The predicted molar refractivity (Wildman–Crippen MR) is 55.8 cm³/mol. The van der Waals surface area contributed by atoms with Gasteiger partial charge in [-0.25, -0.2) is 0 Å². The third-order valence-electron chi connectivity index (χ3n) is 3.51. The van der Waals surface area contributed by atoms with E-state index < -0.39 is 0 Å². The zero-order valence-corrected chi connectivity index (χ0v) is 8.87. The van der Waals surface area contributed by atoms with Gasteiger partial charge >= 0.3 is 0 Å². The standard InChI is InChI=1S/C11H18N2O2/c12-10(14)2-1-3-13-11(15)9-5-7-4-8(7)6-9/h7-9H,1-6H2,(H2,12,14)(H,13,15). The van der Waals surface area contributed by atoms with Crippen molar-refractivity contribution in [3.63, 3.8) is 0 Å². The molecule has 0 aromatic carbocycles. The average Bonchev–Trinajstić information content (AvgIpc) is 2.80. The van der Waals surface area contributed by atoms with Crippen molar-refractivity contribution in [2.75, 3.05) is 6.54 Å². The lowest BCUT2D eigenvalue weighted by atomic mass is 10.0. The zero-order valence-electron chi connectivity index (χ0n) is 8.87. The average molecular weight is 210 g/mol. The van der Waals surface area contributed by atoms with Crippen molar-refractivity contribution >= 4 is 11.8 Å². The van der Waals surface area contributed by atoms with E-state index in [9.17, 15) is 9.59 Å². The minimum atomic E-state index is -0.300. The number of rotatable bonds is 5. The Morgan fingerprint density at radius 2 is 1.87 bits per heavy atom. The summed E-state index contributed by atoms with van der Waals surface area (Å²) >= 11 is 0. The Hall–Kier alpha value is -1.06. The highest BCUT2D eigenvalue weighted by Gasteiger charge is 2.47. The Morgan fingerprint density at radius 1 is 1.20 bits per heavy atom. The van der Waals surface area contributed by atoms with Gasteiger partial charge in [0.25, 0.3) is 0 Å². The quantitative estimate of drug-likeness (QED) is 0.645. The molecular weight excluding hydrogens is 192 g/mol. The normalized spacial score (nSPS) is 32.1. The van der Waals surface area contributed by atoms with E-state index in [1.807, 2.05) is 0 Å². The fourth-order valence-electron chi connectivity index (χ4n) is 2.55. The Bertz CT molecular complexity index is 268. The molecule has 2 aliphatic rings. The molecule has 3 N–H and O–H groups in total. The van der Waals surface area contributed by atoms with Crippen molar-refractivity contribution in [1.29, 1.82) is 0 Å². The van der Waals surface area contributed by atoms with Crippen LogP contribution in [-0.4, -0.2) is 18.4 Å². The molecule has 0 aromatic heterocycles. The molecule has 2 fully saturated rings. The summed E-state index contributed by atoms with van der Waals surface area (Å²) in [5, 5.41) is 2.87. The number of fused-ring (bicyclic) bond motifs is 1. The molecule has 2 rings (SSSR count). The van der Waals surface area contributed by atoms with E-state index in [4.69, 9.17) is 5.73 Å². The summed E-state index contributed by atoms with van der Waals surface area (Å²) in [4.78, 5) is 22.1. The van der Waals surface area contributed by atoms with Gasteiger partial charge < -0.3 is 11.1 Å². The molecule has 0 aliphatic heterocycles. The van der Waals surface area contributed by atoms with Crippen molar-refractivity contribution < 1.29 is 9.59 Å². The molecular formula is C11H18N2O2. The maximum Gasteiger partial charge on any atom is 0.223 e. The number of hydrogen-bond donors (Lipinski definition) is 2. The van der Waals surface area contributed by atoms with Crippen LogP contribution in [0.4, 0.5) is 0 Å². The Balaban J connectivity index is 1.58. The molecule has 4 nitrogen and oxygen atoms in total. The van der Waals surface area contributed by atoms with Crippen LogP contribution in [0.5, 0.6) is 0 Å². The van der Waals surface area contributed by atoms with Crippen molar-refractivity contribution in [2.45, 2.75) is 32.1 Å². The Kier molecular flexibility index (Phi) is 2.93. The van der Waals surface area contributed by atoms with Gasteiger partial charge in [-0.05, 0) is 37.5 Å². The van der Waals surface area contributed by atoms with Gasteiger partial charge in [-0.3, -0.25) is 9.59 Å². The molecule has 2 unspecified atom stereocenters. The fraction of sp³-hybridized carbons (Fsp3) is 0.818. The van der Waals surface area contributed by atoms with Crippen molar-refractivity contribution in [3.05, 3.63) is 0 Å². The highest BCUT2D eigenvalue weighted by atomic mass is 16.2. The summed E-state index contributed by atoms with van der Waals surface area (Å²) in [6, 6.07) is 0. The van der Waals surface area contributed by atoms with Crippen LogP contribution in [-0.2, 0) is 9.59 Å². The summed E-state index contributed by atoms with van der Waals surface area (Å²) in [5.74, 6) is 1.79. The van der Waals surface area contributed by atoms with Gasteiger partial charge in [-0.1, -0.05) is 0 Å². The lowest BCUT2D eigenvalue weighted by Gasteiger charge is -2.11. The van der Waals surface area contributed by atoms with Gasteiger partial charge in [0.1, 0.15) is 0 Å². The summed E-state index contributed by atoms with van der Waals surface area (Å²) < 4.78 is 0. The van der Waals surface area contributed by atoms with Gasteiger partial charge in [-0.15, -0.1) is 0 Å². The van der Waals surface area contributed by atoms with Gasteiger partial charge in [0.05, 0.1) is 0 Å². The van der Waals surface area contributed by atoms with E-state index in [0.717, 1.165) is 24.7 Å². The second-order valence-electron chi connectivity index (χ2n) is 4.79. The minimum Gasteiger partial charge on any atom is -0.370 e. The van der Waals surface area contributed by atoms with E-state index >= 15 is 0 Å². The first-order valence-electron chi connectivity index (χ1n) is 5.73. The van der Waals surface area contributed by atoms with E-state index in [0.29, 0.717) is 19.4 Å². The fourth-order valence-corrected chi connectivity index (χ4v) is 2.55. The molecule has 2 amide bonds. The van der Waals surface area contributed by atoms with Crippen LogP contribution in [0.15, 0.2) is 0 Å². The van der Waals surface area contributed by atoms with Crippen LogP contribution in [0.25, 0.3) is 0 Å². The van der Waals surface area contributed by atoms with Crippen molar-refractivity contribution in [1.82, 2.24) is 5.32 Å². The minimum absolute atomic E-state index is 0.173. The van der Waals surface area contributed by atoms with Crippen LogP contribution < -0.4 is 11.1 Å². The second kappa shape index (κ2) is 4.21. The molecule has 0 saturated heterocycles. The van der Waals surface area contributed by atoms with Crippen LogP contribution in [0.3, 0.4) is 0 Å². The summed E-state index contributed by atoms with van der Waals surface area (Å²) in [5.41, 5.74) is 5.00. The first-order chi connectivity index (χ1) is 7.16. The lowest BCUT2D eigenvalue weighted by Crippen LogP contribution is -2.31. The SMILES string of the molecule is NC(=O)CCCNC(=O)C1CC2CC2C1. The first-order valence-corrected chi connectivity index (χ1v) is 5.73. The van der Waals surface area contributed by atoms with Crippen LogP contribution >= 0.6 is 0 Å². The topological polar surface area (TPSA) is 72.2 Å². The largest absolute Gasteiger partial charge is 0.370 e. The molecule has 0 radical (unpaired) electrons. The molecule has 15 heavy (non-hydrogen) atoms. The number of nitrogens with one attached hydrogen (secondary N) is 1. The number of carbonyl (C=O) groups excluding carboxylic acids is 2. The van der Waals surface area contributed by atoms with Crippen LogP contribution in [0.2, 0.25) is 0 Å². The van der Waals surface area contributed by atoms with Gasteiger partial charge in [0.15, 0.2) is 0 Å². The maximum absolute atomic E-state index is 11.6. The Morgan fingerprint density at radius 3 is 2.47 bits per heavy atom. The van der Waals surface area contributed by atoms with E-state index in [1.54, 1.807) is 0 Å². The molecule has 2 atom stereocenters. The Labute approximate surface area is 89.6 Å². The van der Waals surface area contributed by atoms with Gasteiger partial charge in [0.2, 0.25) is 11.8 Å². The number of primary amides is 1. The third-order valence-corrected chi connectivity index (χ3v) is 3.51. The number of hydrogen-bond acceptors (Lipinski definition) is 2. The van der Waals surface area contributed by atoms with Gasteiger partial charge in [-0.2, -0.15) is 0 Å². The van der Waals surface area contributed by atoms with Crippen LogP contribution in [0.1, 0.15) is 32.1 Å². The molecule has 0 heterocycles. The summed E-state index contributed by atoms with van der Waals surface area (Å²) in [6.07, 6.45) is 4.50. The predicted octanol–water partition coefficient (Wildman–Crippen LogP) is 0.414. The number of carbonyl (C=O) groups is 2. The molecule has 4 heteroatoms. The summed E-state index contributed by atoms with van der Waals surface area (Å²) in [7, 11) is 0. The molecule has 0 spiro atoms. The smallest absolute Gasteiger partial charge is 0.223 e. The number of amides is 2. The molecule has 2 aliphatic carbocycles. The van der Waals surface area contributed by atoms with Crippen molar-refractivity contribution in [2.24, 2.45) is 23.5 Å². The molecule has 0 aromatic rings. The van der Waals surface area contributed by atoms with E-state index in [-0.39, 0.29) is 17.7 Å². The first kappa shape index (κ1) is 10.5. The van der Waals surface area contributed by atoms with E-state index in [2.05, 4.69) is 5.32 Å².